The Morgan fingerprint density at radius 3 is 1.94 bits per heavy atom. The zero-order valence-corrected chi connectivity index (χ0v) is 22.4. The van der Waals surface area contributed by atoms with E-state index in [1.807, 2.05) is 20.8 Å². The first-order valence-electron chi connectivity index (χ1n) is 12.3. The second-order valence-corrected chi connectivity index (χ2v) is 6.81. The highest BCUT2D eigenvalue weighted by atomic mass is 16.5. The Morgan fingerprint density at radius 1 is 0.943 bits per heavy atom. The average molecular weight is 498 g/mol. The Hall–Kier alpha value is -3.14. The van der Waals surface area contributed by atoms with E-state index in [9.17, 15) is 19.2 Å². The van der Waals surface area contributed by atoms with Gasteiger partial charge in [0.1, 0.15) is 6.61 Å². The Bertz CT molecular complexity index is 654. The highest BCUT2D eigenvalue weighted by molar-refractivity contribution is 5.77. The van der Waals surface area contributed by atoms with Gasteiger partial charge in [-0.25, -0.2) is 4.79 Å². The number of hydrogen-bond donors (Lipinski definition) is 5. The van der Waals surface area contributed by atoms with E-state index in [1.54, 1.807) is 31.2 Å². The van der Waals surface area contributed by atoms with Crippen LogP contribution in [-0.4, -0.2) is 50.5 Å². The molecule has 1 aromatic rings. The third kappa shape index (κ3) is 28.8. The molecule has 0 aliphatic carbocycles. The third-order valence-electron chi connectivity index (χ3n) is 3.63. The van der Waals surface area contributed by atoms with Gasteiger partial charge in [-0.05, 0) is 37.1 Å². The van der Waals surface area contributed by atoms with Crippen LogP contribution in [0, 0.1) is 0 Å². The van der Waals surface area contributed by atoms with Gasteiger partial charge in [0.25, 0.3) is 0 Å². The molecule has 4 amide bonds. The summed E-state index contributed by atoms with van der Waals surface area (Å²) in [5.74, 6) is -0.218. The number of amides is 4. The summed E-state index contributed by atoms with van der Waals surface area (Å²) in [7, 11) is 0. The normalized spacial score (nSPS) is 8.86. The molecule has 0 spiro atoms. The summed E-state index contributed by atoms with van der Waals surface area (Å²) in [6, 6.07) is 6.60. The summed E-state index contributed by atoms with van der Waals surface area (Å²) >= 11 is 0. The molecule has 0 saturated carbocycles. The molecule has 202 valence electrons. The van der Waals surface area contributed by atoms with Gasteiger partial charge in [-0.2, -0.15) is 0 Å². The van der Waals surface area contributed by atoms with Gasteiger partial charge < -0.3 is 31.7 Å². The van der Waals surface area contributed by atoms with Gasteiger partial charge in [0.2, 0.25) is 12.3 Å². The third-order valence-corrected chi connectivity index (χ3v) is 3.63. The molecule has 0 radical (unpaired) electrons. The van der Waals surface area contributed by atoms with Crippen molar-refractivity contribution in [2.75, 3.05) is 31.5 Å². The second-order valence-electron chi connectivity index (χ2n) is 6.81. The maximum atomic E-state index is 11.1. The number of nitrogens with two attached hydrogens (primary N) is 1. The van der Waals surface area contributed by atoms with Crippen LogP contribution in [0.25, 0.3) is 0 Å². The molecule has 0 fully saturated rings. The van der Waals surface area contributed by atoms with Crippen molar-refractivity contribution in [3.8, 4) is 0 Å². The topological polar surface area (TPSA) is 152 Å². The number of unbranched alkanes of at least 4 members (excludes halogenated alkanes) is 1. The summed E-state index contributed by atoms with van der Waals surface area (Å²) in [6.07, 6.45) is 3.89. The van der Waals surface area contributed by atoms with E-state index in [0.29, 0.717) is 32.5 Å². The Labute approximate surface area is 211 Å². The molecular formula is C25H47N5O5. The maximum absolute atomic E-state index is 11.1. The van der Waals surface area contributed by atoms with Gasteiger partial charge in [0, 0.05) is 25.2 Å². The van der Waals surface area contributed by atoms with Crippen LogP contribution in [0.5, 0.6) is 0 Å². The molecule has 1 aromatic carbocycles. The molecule has 0 atom stereocenters. The zero-order chi connectivity index (χ0) is 27.3. The molecule has 0 aliphatic heterocycles. The number of esters is 1. The number of primary amides is 1. The summed E-state index contributed by atoms with van der Waals surface area (Å²) in [5, 5.41) is 10.7. The van der Waals surface area contributed by atoms with Crippen LogP contribution in [0.3, 0.4) is 0 Å². The van der Waals surface area contributed by atoms with Gasteiger partial charge >= 0.3 is 12.0 Å². The summed E-state index contributed by atoms with van der Waals surface area (Å²) < 4.78 is 4.95. The number of carbonyl (C=O) groups excluding carboxylic acids is 4. The van der Waals surface area contributed by atoms with Gasteiger partial charge in [0.05, 0.1) is 6.54 Å². The molecule has 10 nitrogen and oxygen atoms in total. The lowest BCUT2D eigenvalue weighted by atomic mass is 10.2. The lowest BCUT2D eigenvalue weighted by Crippen LogP contribution is -2.34. The molecule has 0 saturated heterocycles. The second kappa shape index (κ2) is 28.9. The average Bonchev–Trinajstić information content (AvgIpc) is 2.86. The number of hydrogen-bond acceptors (Lipinski definition) is 6. The number of anilines is 1. The molecular weight excluding hydrogens is 450 g/mol. The summed E-state index contributed by atoms with van der Waals surface area (Å²) in [4.78, 5) is 42.4. The van der Waals surface area contributed by atoms with E-state index < -0.39 is 6.03 Å². The van der Waals surface area contributed by atoms with Crippen molar-refractivity contribution < 1.29 is 23.9 Å². The number of likely N-dealkylation sites (N-methyl/N-ethyl adjacent to an activating group) is 1. The van der Waals surface area contributed by atoms with Crippen molar-refractivity contribution in [2.24, 2.45) is 5.73 Å². The molecule has 35 heavy (non-hydrogen) atoms. The minimum absolute atomic E-state index is 0.000268. The van der Waals surface area contributed by atoms with E-state index in [-0.39, 0.29) is 18.5 Å². The number of rotatable bonds is 13. The van der Waals surface area contributed by atoms with Crippen LogP contribution in [0.1, 0.15) is 72.8 Å². The Balaban J connectivity index is -0.000000494. The highest BCUT2D eigenvalue weighted by Crippen LogP contribution is 2.09. The predicted octanol–water partition coefficient (Wildman–Crippen LogP) is 3.31. The van der Waals surface area contributed by atoms with Crippen molar-refractivity contribution in [3.05, 3.63) is 29.8 Å². The molecule has 1 rings (SSSR count). The lowest BCUT2D eigenvalue weighted by Gasteiger charge is -2.05. The monoisotopic (exact) mass is 497 g/mol. The van der Waals surface area contributed by atoms with E-state index in [0.717, 1.165) is 30.6 Å². The molecule has 0 heterocycles. The SMILES string of the molecule is CC.CCC.CCC(=O)OCc1ccc(NC=O)cc1.CCNCC(=O)NCCCCNC(N)=O. The van der Waals surface area contributed by atoms with E-state index >= 15 is 0 Å². The number of nitrogens with one attached hydrogen (secondary N) is 4. The number of urea groups is 1. The fourth-order valence-electron chi connectivity index (χ4n) is 2.02. The Kier molecular flexibility index (Phi) is 30.1. The maximum Gasteiger partial charge on any atom is 0.312 e. The molecule has 6 N–H and O–H groups in total. The quantitative estimate of drug-likeness (QED) is 0.160. The first-order chi connectivity index (χ1) is 16.8. The lowest BCUT2D eigenvalue weighted by molar-refractivity contribution is -0.144. The predicted molar refractivity (Wildman–Crippen MR) is 142 cm³/mol. The highest BCUT2D eigenvalue weighted by Gasteiger charge is 2.00. The minimum atomic E-state index is -0.508. The molecule has 0 bridgehead atoms. The van der Waals surface area contributed by atoms with Crippen LogP contribution in [0.4, 0.5) is 10.5 Å². The van der Waals surface area contributed by atoms with Gasteiger partial charge in [-0.3, -0.25) is 14.4 Å². The van der Waals surface area contributed by atoms with Gasteiger partial charge in [0.15, 0.2) is 0 Å². The smallest absolute Gasteiger partial charge is 0.312 e. The van der Waals surface area contributed by atoms with Crippen LogP contribution < -0.4 is 27.0 Å². The van der Waals surface area contributed by atoms with E-state index in [1.165, 1.54) is 6.42 Å². The van der Waals surface area contributed by atoms with Gasteiger partial charge in [-0.1, -0.05) is 60.1 Å². The number of carbonyl (C=O) groups is 4. The van der Waals surface area contributed by atoms with Crippen molar-refractivity contribution in [3.63, 3.8) is 0 Å². The van der Waals surface area contributed by atoms with Crippen molar-refractivity contribution in [1.82, 2.24) is 16.0 Å². The molecule has 0 aliphatic rings. The van der Waals surface area contributed by atoms with Gasteiger partial charge in [-0.15, -0.1) is 0 Å². The minimum Gasteiger partial charge on any atom is -0.461 e. The fraction of sp³-hybridized carbons (Fsp3) is 0.600. The standard InChI is InChI=1S/C11H13NO3.C9H20N4O2.C3H8.C2H6/c1-2-11(14)15-7-9-3-5-10(6-4-9)12-8-13;1-2-11-7-8(14)12-5-3-4-6-13-9(10)15;1-3-2;1-2/h3-6,8H,2,7H2,1H3,(H,12,13);11H,2-7H2,1H3,(H,12,14)(H3,10,13,15);3H2,1-2H3;1-2H3. The molecule has 0 aromatic heterocycles. The molecule has 0 unspecified atom stereocenters. The van der Waals surface area contributed by atoms with Crippen molar-refractivity contribution in [2.45, 2.75) is 73.8 Å². The fourth-order valence-corrected chi connectivity index (χ4v) is 2.02. The largest absolute Gasteiger partial charge is 0.461 e. The van der Waals surface area contributed by atoms with Crippen LogP contribution in [0.2, 0.25) is 0 Å². The Morgan fingerprint density at radius 2 is 1.49 bits per heavy atom. The van der Waals surface area contributed by atoms with Crippen LogP contribution in [-0.2, 0) is 25.7 Å². The first kappa shape index (κ1) is 36.4. The zero-order valence-electron chi connectivity index (χ0n) is 22.4. The van der Waals surface area contributed by atoms with E-state index in [4.69, 9.17) is 10.5 Å². The number of benzene rings is 1. The summed E-state index contributed by atoms with van der Waals surface area (Å²) in [6.45, 7) is 14.5. The molecule has 10 heteroatoms. The van der Waals surface area contributed by atoms with Crippen LogP contribution >= 0.6 is 0 Å². The van der Waals surface area contributed by atoms with Crippen molar-refractivity contribution >= 4 is 30.0 Å². The van der Waals surface area contributed by atoms with Crippen LogP contribution in [0.15, 0.2) is 24.3 Å². The number of ether oxygens (including phenoxy) is 1. The summed E-state index contributed by atoms with van der Waals surface area (Å²) in [5.41, 5.74) is 6.50. The van der Waals surface area contributed by atoms with E-state index in [2.05, 4.69) is 35.1 Å². The van der Waals surface area contributed by atoms with Crippen molar-refractivity contribution in [1.29, 1.82) is 0 Å². The first-order valence-corrected chi connectivity index (χ1v) is 12.3.